The maximum atomic E-state index is 12.6. The van der Waals surface area contributed by atoms with E-state index in [-0.39, 0.29) is 23.8 Å². The van der Waals surface area contributed by atoms with Gasteiger partial charge >= 0.3 is 6.09 Å². The zero-order valence-electron chi connectivity index (χ0n) is 18.0. The van der Waals surface area contributed by atoms with Gasteiger partial charge in [0.15, 0.2) is 0 Å². The normalized spacial score (nSPS) is 24.2. The molecule has 1 saturated carbocycles. The highest BCUT2D eigenvalue weighted by Gasteiger charge is 2.48. The van der Waals surface area contributed by atoms with Crippen molar-refractivity contribution < 1.29 is 14.3 Å². The van der Waals surface area contributed by atoms with Gasteiger partial charge in [-0.05, 0) is 66.6 Å². The molecule has 5 rings (SSSR count). The molecule has 2 aliphatic rings. The summed E-state index contributed by atoms with van der Waals surface area (Å²) in [5, 5.41) is 0.723. The van der Waals surface area contributed by atoms with Crippen molar-refractivity contribution in [2.75, 3.05) is 7.05 Å². The summed E-state index contributed by atoms with van der Waals surface area (Å²) in [7, 11) is 1.83. The minimum Gasteiger partial charge on any atom is -0.410 e. The topological polar surface area (TPSA) is 38.8 Å². The van der Waals surface area contributed by atoms with Gasteiger partial charge in [-0.15, -0.1) is 0 Å². The highest BCUT2D eigenvalue weighted by atomic mass is 35.5. The molecule has 1 fully saturated rings. The SMILES string of the molecule is CN(C(=O)Oc1ccccc1)C1CCC2(CC1)O[C@H](c1ccc(Cl)cc1)c1ccccc12. The van der Waals surface area contributed by atoms with Crippen molar-refractivity contribution >= 4 is 17.7 Å². The Bertz CT molecular complexity index is 1090. The summed E-state index contributed by atoms with van der Waals surface area (Å²) < 4.78 is 12.3. The number of carbonyl (C=O) groups is 1. The zero-order valence-corrected chi connectivity index (χ0v) is 18.8. The molecular weight excluding hydrogens is 422 g/mol. The van der Waals surface area contributed by atoms with E-state index in [4.69, 9.17) is 21.1 Å². The number of halogens is 1. The Balaban J connectivity index is 1.31. The van der Waals surface area contributed by atoms with Crippen molar-refractivity contribution in [3.8, 4) is 5.75 Å². The lowest BCUT2D eigenvalue weighted by Crippen LogP contribution is -2.44. The van der Waals surface area contributed by atoms with E-state index in [1.807, 2.05) is 49.5 Å². The number of ether oxygens (including phenoxy) is 2. The van der Waals surface area contributed by atoms with Crippen LogP contribution in [0.25, 0.3) is 0 Å². The molecule has 1 spiro atoms. The summed E-state index contributed by atoms with van der Waals surface area (Å²) in [6.45, 7) is 0. The lowest BCUT2D eigenvalue weighted by molar-refractivity contribution is -0.0928. The second-order valence-corrected chi connectivity index (χ2v) is 9.09. The highest BCUT2D eigenvalue weighted by molar-refractivity contribution is 6.30. The highest BCUT2D eigenvalue weighted by Crippen LogP contribution is 2.53. The van der Waals surface area contributed by atoms with Crippen LogP contribution in [0.1, 0.15) is 48.5 Å². The number of benzene rings is 3. The summed E-state index contributed by atoms with van der Waals surface area (Å²) in [6.07, 6.45) is 3.04. The summed E-state index contributed by atoms with van der Waals surface area (Å²) in [4.78, 5) is 14.4. The maximum absolute atomic E-state index is 12.6. The lowest BCUT2D eigenvalue weighted by atomic mass is 9.77. The molecule has 1 heterocycles. The van der Waals surface area contributed by atoms with Gasteiger partial charge in [0.25, 0.3) is 0 Å². The Kier molecular flexibility index (Phi) is 5.66. The van der Waals surface area contributed by atoms with E-state index >= 15 is 0 Å². The van der Waals surface area contributed by atoms with Crippen LogP contribution in [0.3, 0.4) is 0 Å². The van der Waals surface area contributed by atoms with Gasteiger partial charge in [-0.3, -0.25) is 0 Å². The zero-order chi connectivity index (χ0) is 22.1. The second kappa shape index (κ2) is 8.61. The molecule has 0 N–H and O–H groups in total. The van der Waals surface area contributed by atoms with Crippen molar-refractivity contribution in [1.82, 2.24) is 4.90 Å². The van der Waals surface area contributed by atoms with Gasteiger partial charge in [0.05, 0.1) is 5.60 Å². The number of hydrogen-bond donors (Lipinski definition) is 0. The minimum absolute atomic E-state index is 0.0965. The Morgan fingerprint density at radius 3 is 2.34 bits per heavy atom. The van der Waals surface area contributed by atoms with Crippen LogP contribution in [0.2, 0.25) is 5.02 Å². The Labute approximate surface area is 193 Å². The quantitative estimate of drug-likeness (QED) is 0.447. The van der Waals surface area contributed by atoms with Gasteiger partial charge in [-0.25, -0.2) is 4.79 Å². The summed E-state index contributed by atoms with van der Waals surface area (Å²) in [5.41, 5.74) is 3.30. The summed E-state index contributed by atoms with van der Waals surface area (Å²) in [6, 6.07) is 25.8. The van der Waals surface area contributed by atoms with Crippen LogP contribution in [0, 0.1) is 0 Å². The van der Waals surface area contributed by atoms with E-state index in [1.165, 1.54) is 11.1 Å². The molecule has 164 valence electrons. The fraction of sp³-hybridized carbons (Fsp3) is 0.296. The van der Waals surface area contributed by atoms with E-state index < -0.39 is 0 Å². The third-order valence-electron chi connectivity index (χ3n) is 6.80. The number of carbonyl (C=O) groups excluding carboxylic acids is 1. The van der Waals surface area contributed by atoms with Crippen LogP contribution in [0.15, 0.2) is 78.9 Å². The van der Waals surface area contributed by atoms with Crippen molar-refractivity contribution in [2.45, 2.75) is 43.4 Å². The Morgan fingerprint density at radius 1 is 0.969 bits per heavy atom. The molecule has 5 heteroatoms. The van der Waals surface area contributed by atoms with Gasteiger partial charge in [-0.1, -0.05) is 66.2 Å². The molecule has 1 amide bonds. The van der Waals surface area contributed by atoms with E-state index in [0.29, 0.717) is 5.75 Å². The van der Waals surface area contributed by atoms with E-state index in [1.54, 1.807) is 17.0 Å². The average molecular weight is 448 g/mol. The first kappa shape index (κ1) is 21.0. The van der Waals surface area contributed by atoms with Crippen LogP contribution in [-0.4, -0.2) is 24.1 Å². The molecule has 0 radical (unpaired) electrons. The predicted molar refractivity (Wildman–Crippen MR) is 125 cm³/mol. The van der Waals surface area contributed by atoms with Crippen molar-refractivity contribution in [2.24, 2.45) is 0 Å². The number of hydrogen-bond acceptors (Lipinski definition) is 3. The van der Waals surface area contributed by atoms with Gasteiger partial charge in [0.2, 0.25) is 0 Å². The van der Waals surface area contributed by atoms with Crippen molar-refractivity contribution in [3.05, 3.63) is 101 Å². The Hall–Kier alpha value is -2.82. The maximum Gasteiger partial charge on any atom is 0.415 e. The van der Waals surface area contributed by atoms with Crippen LogP contribution in [0.4, 0.5) is 4.79 Å². The van der Waals surface area contributed by atoms with Gasteiger partial charge < -0.3 is 14.4 Å². The molecule has 1 aliphatic carbocycles. The van der Waals surface area contributed by atoms with Crippen LogP contribution < -0.4 is 4.74 Å². The van der Waals surface area contributed by atoms with Gasteiger partial charge in [-0.2, -0.15) is 0 Å². The van der Waals surface area contributed by atoms with Gasteiger partial charge in [0, 0.05) is 18.1 Å². The third-order valence-corrected chi connectivity index (χ3v) is 7.05. The average Bonchev–Trinajstić information content (AvgIpc) is 3.14. The van der Waals surface area contributed by atoms with Crippen LogP contribution in [0.5, 0.6) is 5.75 Å². The second-order valence-electron chi connectivity index (χ2n) is 8.65. The fourth-order valence-corrected chi connectivity index (χ4v) is 5.16. The first-order valence-corrected chi connectivity index (χ1v) is 11.5. The monoisotopic (exact) mass is 447 g/mol. The molecule has 0 saturated heterocycles. The predicted octanol–water partition coefficient (Wildman–Crippen LogP) is 6.73. The van der Waals surface area contributed by atoms with Gasteiger partial charge in [0.1, 0.15) is 11.9 Å². The van der Waals surface area contributed by atoms with E-state index in [2.05, 4.69) is 24.3 Å². The molecule has 0 unspecified atom stereocenters. The molecule has 0 bridgehead atoms. The van der Waals surface area contributed by atoms with Crippen LogP contribution in [-0.2, 0) is 10.3 Å². The first-order chi connectivity index (χ1) is 15.6. The van der Waals surface area contributed by atoms with E-state index in [9.17, 15) is 4.79 Å². The first-order valence-electron chi connectivity index (χ1n) is 11.1. The third kappa shape index (κ3) is 3.89. The molecule has 3 aromatic carbocycles. The number of amides is 1. The largest absolute Gasteiger partial charge is 0.415 e. The summed E-state index contributed by atoms with van der Waals surface area (Å²) in [5.74, 6) is 0.565. The molecular formula is C27H26ClNO3. The number of rotatable bonds is 3. The summed E-state index contributed by atoms with van der Waals surface area (Å²) >= 11 is 6.10. The molecule has 1 aliphatic heterocycles. The Morgan fingerprint density at radius 2 is 1.62 bits per heavy atom. The molecule has 1 atom stereocenters. The number of para-hydroxylation sites is 1. The van der Waals surface area contributed by atoms with Crippen LogP contribution >= 0.6 is 11.6 Å². The van der Waals surface area contributed by atoms with Crippen molar-refractivity contribution in [3.63, 3.8) is 0 Å². The standard InChI is InChI=1S/C27H26ClNO3/c1-29(26(30)31-22-7-3-2-4-8-22)21-15-17-27(18-16-21)24-10-6-5-9-23(24)25(32-27)19-11-13-20(28)14-12-19/h2-14,21,25H,15-18H2,1H3/t21?,25-,27?/m1/s1. The van der Waals surface area contributed by atoms with Crippen molar-refractivity contribution in [1.29, 1.82) is 0 Å². The molecule has 4 nitrogen and oxygen atoms in total. The molecule has 32 heavy (non-hydrogen) atoms. The number of nitrogens with zero attached hydrogens (tertiary/aromatic N) is 1. The molecule has 0 aromatic heterocycles. The smallest absolute Gasteiger partial charge is 0.410 e. The van der Waals surface area contributed by atoms with E-state index in [0.717, 1.165) is 36.3 Å². The fourth-order valence-electron chi connectivity index (χ4n) is 5.03. The molecule has 3 aromatic rings. The minimum atomic E-state index is -0.318. The lowest BCUT2D eigenvalue weighted by Gasteiger charge is -2.40. The number of fused-ring (bicyclic) bond motifs is 2.